The molecule has 0 saturated carbocycles. The molecule has 11 heteroatoms. The highest BCUT2D eigenvalue weighted by Crippen LogP contribution is 2.30. The Kier molecular flexibility index (Phi) is 9.16. The minimum absolute atomic E-state index is 0.0686. The summed E-state index contributed by atoms with van der Waals surface area (Å²) in [6.07, 6.45) is 2.60. The van der Waals surface area contributed by atoms with Crippen molar-refractivity contribution in [3.8, 4) is 16.9 Å². The predicted molar refractivity (Wildman–Crippen MR) is 176 cm³/mol. The normalized spacial score (nSPS) is 18.2. The van der Waals surface area contributed by atoms with E-state index < -0.39 is 18.2 Å². The lowest BCUT2D eigenvalue weighted by Crippen LogP contribution is -2.76. The third-order valence-corrected chi connectivity index (χ3v) is 8.46. The van der Waals surface area contributed by atoms with E-state index in [0.717, 1.165) is 16.7 Å². The molecule has 2 fully saturated rings. The second-order valence-corrected chi connectivity index (χ2v) is 11.6. The molecule has 2 atom stereocenters. The summed E-state index contributed by atoms with van der Waals surface area (Å²) in [5.74, 6) is -0.436. The van der Waals surface area contributed by atoms with Crippen LogP contribution in [-0.2, 0) is 29.1 Å². The van der Waals surface area contributed by atoms with Crippen LogP contribution < -0.4 is 10.9 Å². The van der Waals surface area contributed by atoms with Gasteiger partial charge in [0.15, 0.2) is 0 Å². The number of benzene rings is 3. The number of nitrogens with one attached hydrogen (secondary N) is 2. The Morgan fingerprint density at radius 3 is 2.45 bits per heavy atom. The molecule has 4 amide bonds. The summed E-state index contributed by atoms with van der Waals surface area (Å²) >= 11 is 0. The Morgan fingerprint density at radius 1 is 0.936 bits per heavy atom. The summed E-state index contributed by atoms with van der Waals surface area (Å²) in [6, 6.07) is 25.7. The molecular formula is C36H36N6O5. The lowest BCUT2D eigenvalue weighted by atomic mass is 9.98. The number of aromatic hydroxyl groups is 1. The number of amides is 4. The van der Waals surface area contributed by atoms with Crippen LogP contribution >= 0.6 is 0 Å². The van der Waals surface area contributed by atoms with Crippen LogP contribution in [0.2, 0.25) is 0 Å². The van der Waals surface area contributed by atoms with Gasteiger partial charge in [-0.25, -0.2) is 14.8 Å². The van der Waals surface area contributed by atoms with Gasteiger partial charge in [0.05, 0.1) is 13.1 Å². The van der Waals surface area contributed by atoms with Gasteiger partial charge in [-0.1, -0.05) is 66.7 Å². The van der Waals surface area contributed by atoms with Gasteiger partial charge >= 0.3 is 6.03 Å². The summed E-state index contributed by atoms with van der Waals surface area (Å²) in [5, 5.41) is 16.0. The molecule has 240 valence electrons. The molecule has 2 aliphatic rings. The van der Waals surface area contributed by atoms with Crippen molar-refractivity contribution in [2.24, 2.45) is 0 Å². The Hall–Kier alpha value is -5.68. The molecular weight excluding hydrogens is 596 g/mol. The Morgan fingerprint density at radius 2 is 1.70 bits per heavy atom. The average Bonchev–Trinajstić information content (AvgIpc) is 3.07. The number of pyridine rings is 1. The molecule has 0 radical (unpaired) electrons. The fraction of sp³-hybridized carbons (Fsp3) is 0.222. The highest BCUT2D eigenvalue weighted by atomic mass is 16.3. The number of nitrogens with zero attached hydrogens (tertiary/aromatic N) is 4. The summed E-state index contributed by atoms with van der Waals surface area (Å²) < 4.78 is 0. The van der Waals surface area contributed by atoms with Crippen molar-refractivity contribution >= 4 is 17.8 Å². The van der Waals surface area contributed by atoms with E-state index in [0.29, 0.717) is 11.1 Å². The topological polar surface area (TPSA) is 129 Å². The molecule has 2 aliphatic heterocycles. The van der Waals surface area contributed by atoms with Gasteiger partial charge in [-0.05, 0) is 52.6 Å². The van der Waals surface area contributed by atoms with Gasteiger partial charge in [-0.2, -0.15) is 0 Å². The predicted octanol–water partition coefficient (Wildman–Crippen LogP) is 3.48. The number of phenolic OH excluding ortho intramolecular Hbond substituents is 1. The van der Waals surface area contributed by atoms with E-state index in [2.05, 4.69) is 16.9 Å². The maximum atomic E-state index is 14.3. The van der Waals surface area contributed by atoms with Gasteiger partial charge in [0.2, 0.25) is 11.8 Å². The lowest BCUT2D eigenvalue weighted by molar-refractivity contribution is -0.189. The second kappa shape index (κ2) is 13.8. The number of hydrogen-bond donors (Lipinski definition) is 3. The van der Waals surface area contributed by atoms with Crippen molar-refractivity contribution in [2.45, 2.75) is 31.7 Å². The first-order chi connectivity index (χ1) is 22.8. The molecule has 6 rings (SSSR count). The number of phenols is 1. The van der Waals surface area contributed by atoms with Crippen molar-refractivity contribution in [3.05, 3.63) is 137 Å². The van der Waals surface area contributed by atoms with Crippen molar-refractivity contribution in [3.63, 3.8) is 0 Å². The van der Waals surface area contributed by atoms with Crippen LogP contribution in [0.1, 0.15) is 16.7 Å². The molecule has 11 nitrogen and oxygen atoms in total. The zero-order valence-corrected chi connectivity index (χ0v) is 25.8. The van der Waals surface area contributed by atoms with Crippen LogP contribution in [0.4, 0.5) is 4.79 Å². The number of H-pyrrole nitrogens is 1. The summed E-state index contributed by atoms with van der Waals surface area (Å²) in [5.41, 5.74) is 3.47. The molecule has 4 aromatic rings. The molecule has 0 spiro atoms. The molecule has 0 aliphatic carbocycles. The van der Waals surface area contributed by atoms with Crippen LogP contribution in [0.25, 0.3) is 11.1 Å². The zero-order chi connectivity index (χ0) is 32.9. The van der Waals surface area contributed by atoms with E-state index >= 15 is 0 Å². The third-order valence-electron chi connectivity index (χ3n) is 8.46. The minimum atomic E-state index is -0.902. The van der Waals surface area contributed by atoms with Crippen LogP contribution in [-0.4, -0.2) is 79.6 Å². The first-order valence-electron chi connectivity index (χ1n) is 15.4. The smallest absolute Gasteiger partial charge is 0.334 e. The number of rotatable bonds is 9. The largest absolute Gasteiger partial charge is 0.508 e. The number of hydrogen-bond acceptors (Lipinski definition) is 6. The molecule has 47 heavy (non-hydrogen) atoms. The van der Waals surface area contributed by atoms with Gasteiger partial charge in [0.1, 0.15) is 18.0 Å². The number of aromatic amines is 1. The second-order valence-electron chi connectivity index (χ2n) is 11.6. The van der Waals surface area contributed by atoms with Gasteiger partial charge in [-0.15, -0.1) is 6.58 Å². The van der Waals surface area contributed by atoms with E-state index in [1.807, 2.05) is 54.6 Å². The summed E-state index contributed by atoms with van der Waals surface area (Å²) in [7, 11) is 0. The molecule has 1 aromatic heterocycles. The first-order valence-corrected chi connectivity index (χ1v) is 15.4. The number of urea groups is 1. The maximum absolute atomic E-state index is 14.3. The van der Waals surface area contributed by atoms with Gasteiger partial charge in [0, 0.05) is 37.8 Å². The van der Waals surface area contributed by atoms with Crippen molar-refractivity contribution in [1.29, 1.82) is 0 Å². The van der Waals surface area contributed by atoms with E-state index in [-0.39, 0.29) is 62.3 Å². The van der Waals surface area contributed by atoms with Crippen LogP contribution in [0.15, 0.2) is 115 Å². The fourth-order valence-electron chi connectivity index (χ4n) is 6.26. The fourth-order valence-corrected chi connectivity index (χ4v) is 6.26. The lowest BCUT2D eigenvalue weighted by Gasteiger charge is -2.55. The number of aromatic nitrogens is 1. The monoisotopic (exact) mass is 632 g/mol. The molecule has 0 bridgehead atoms. The number of hydrazine groups is 1. The Balaban J connectivity index is 1.35. The van der Waals surface area contributed by atoms with Crippen molar-refractivity contribution in [1.82, 2.24) is 30.1 Å². The van der Waals surface area contributed by atoms with Crippen LogP contribution in [0, 0.1) is 0 Å². The van der Waals surface area contributed by atoms with Crippen molar-refractivity contribution < 1.29 is 19.5 Å². The van der Waals surface area contributed by atoms with Crippen LogP contribution in [0.3, 0.4) is 0 Å². The summed E-state index contributed by atoms with van der Waals surface area (Å²) in [6.45, 7) is 4.53. The number of fused-ring (bicyclic) bond motifs is 1. The first kappa shape index (κ1) is 31.3. The quantitative estimate of drug-likeness (QED) is 0.243. The van der Waals surface area contributed by atoms with Gasteiger partial charge < -0.3 is 25.2 Å². The van der Waals surface area contributed by atoms with Crippen LogP contribution in [0.5, 0.6) is 5.75 Å². The Bertz CT molecular complexity index is 1830. The van der Waals surface area contributed by atoms with E-state index in [9.17, 15) is 24.3 Å². The Labute approximate surface area is 272 Å². The number of carbonyl (C=O) groups excluding carboxylic acids is 3. The number of piperazine rings is 1. The van der Waals surface area contributed by atoms with E-state index in [1.165, 1.54) is 9.91 Å². The minimum Gasteiger partial charge on any atom is -0.508 e. The van der Waals surface area contributed by atoms with E-state index in [4.69, 9.17) is 0 Å². The SMILES string of the molecule is C=CCN1CC(=O)N2[C@@H](Cc3ccc(O)cc3)C(=O)N(Cc3cccc(-c4ccc[nH]c4=O)c3)C[C@@H]2N1C(=O)NCc1ccccc1. The number of carbonyl (C=O) groups is 3. The highest BCUT2D eigenvalue weighted by Gasteiger charge is 2.51. The highest BCUT2D eigenvalue weighted by molar-refractivity contribution is 5.91. The van der Waals surface area contributed by atoms with Gasteiger partial charge in [0.25, 0.3) is 5.56 Å². The molecule has 3 heterocycles. The standard InChI is InChI=1S/C36H36N6O5/c1-2-18-40-24-33(44)41-31(20-25-13-15-29(43)16-14-25)35(46)39(22-27-10-6-11-28(19-27)30-12-7-17-37-34(30)45)23-32(41)42(40)36(47)38-21-26-8-4-3-5-9-26/h2-17,19,31-32,43H,1,18,20-24H2,(H,37,45)(H,38,47)/t31-,32-/m0/s1. The molecule has 3 N–H and O–H groups in total. The molecule has 3 aromatic carbocycles. The van der Waals surface area contributed by atoms with Crippen molar-refractivity contribution in [2.75, 3.05) is 19.6 Å². The third kappa shape index (κ3) is 6.80. The summed E-state index contributed by atoms with van der Waals surface area (Å²) in [4.78, 5) is 60.4. The average molecular weight is 633 g/mol. The van der Waals surface area contributed by atoms with E-state index in [1.54, 1.807) is 58.6 Å². The zero-order valence-electron chi connectivity index (χ0n) is 25.8. The van der Waals surface area contributed by atoms with Gasteiger partial charge in [-0.3, -0.25) is 14.4 Å². The maximum Gasteiger partial charge on any atom is 0.334 e. The molecule has 2 saturated heterocycles. The molecule has 0 unspecified atom stereocenters.